The number of nitrogens with zero attached hydrogens (tertiary/aromatic N) is 2. The van der Waals surface area contributed by atoms with Crippen LogP contribution in [0.1, 0.15) is 6.92 Å². The number of hydrogen-bond donors (Lipinski definition) is 0. The number of esters is 1. The van der Waals surface area contributed by atoms with Gasteiger partial charge in [-0.2, -0.15) is 0 Å². The summed E-state index contributed by atoms with van der Waals surface area (Å²) in [6.07, 6.45) is 0.600. The van der Waals surface area contributed by atoms with Gasteiger partial charge in [0, 0.05) is 11.4 Å². The van der Waals surface area contributed by atoms with Crippen LogP contribution >= 0.6 is 0 Å². The van der Waals surface area contributed by atoms with E-state index in [1.54, 1.807) is 0 Å². The average molecular weight is 216 g/mol. The van der Waals surface area contributed by atoms with E-state index in [-0.39, 0.29) is 0 Å². The molecule has 0 aromatic heterocycles. The fourth-order valence-corrected chi connectivity index (χ4v) is 0.600. The monoisotopic (exact) mass is 216 g/mol. The smallest absolute Gasteiger partial charge is 0.332 e. The summed E-state index contributed by atoms with van der Waals surface area (Å²) in [6, 6.07) is 0. The molecule has 0 saturated heterocycles. The molecule has 0 heterocycles. The van der Waals surface area contributed by atoms with Crippen LogP contribution in [0.5, 0.6) is 0 Å². The Labute approximate surface area is 77.1 Å². The highest BCUT2D eigenvalue weighted by atomic mass is 19.4. The first kappa shape index (κ1) is 12.8. The topological polar surface area (TPSA) is 32.8 Å². The third-order valence-electron chi connectivity index (χ3n) is 1.26. The molecular formula is C6H8F4N2O2. The number of ether oxygens (including phenoxy) is 1. The molecule has 14 heavy (non-hydrogen) atoms. The molecule has 0 radical (unpaired) electrons. The highest BCUT2D eigenvalue weighted by Crippen LogP contribution is 2.20. The van der Waals surface area contributed by atoms with Crippen molar-refractivity contribution >= 4 is 5.97 Å². The van der Waals surface area contributed by atoms with Crippen molar-refractivity contribution in [2.45, 2.75) is 12.6 Å². The van der Waals surface area contributed by atoms with Crippen molar-refractivity contribution in [1.29, 1.82) is 0 Å². The molecule has 0 aliphatic carbocycles. The van der Waals surface area contributed by atoms with Crippen molar-refractivity contribution in [3.8, 4) is 0 Å². The predicted molar refractivity (Wildman–Crippen MR) is 37.7 cm³/mol. The van der Waals surface area contributed by atoms with Crippen LogP contribution in [0.25, 0.3) is 0 Å². The van der Waals surface area contributed by atoms with E-state index in [4.69, 9.17) is 0 Å². The van der Waals surface area contributed by atoms with E-state index in [9.17, 15) is 22.7 Å². The molecule has 0 saturated carbocycles. The molecule has 0 fully saturated rings. The normalized spacial score (nSPS) is 15.4. The summed E-state index contributed by atoms with van der Waals surface area (Å²) in [6.45, 7) is 2.14. The molecule has 0 spiro atoms. The minimum atomic E-state index is -2.70. The van der Waals surface area contributed by atoms with Crippen LogP contribution in [0, 0.1) is 0 Å². The highest BCUT2D eigenvalue weighted by molar-refractivity contribution is 5.81. The summed E-state index contributed by atoms with van der Waals surface area (Å²) in [7, 11) is 0. The van der Waals surface area contributed by atoms with Crippen molar-refractivity contribution in [3.63, 3.8) is 0 Å². The first-order chi connectivity index (χ1) is 6.31. The lowest BCUT2D eigenvalue weighted by atomic mass is 10.3. The lowest BCUT2D eigenvalue weighted by Crippen LogP contribution is -2.47. The number of rotatable bonds is 5. The highest BCUT2D eigenvalue weighted by Gasteiger charge is 2.40. The third kappa shape index (κ3) is 3.71. The third-order valence-corrected chi connectivity index (χ3v) is 1.26. The van der Waals surface area contributed by atoms with Crippen LogP contribution in [0.4, 0.5) is 17.9 Å². The lowest BCUT2D eigenvalue weighted by Gasteiger charge is -2.27. The van der Waals surface area contributed by atoms with E-state index in [1.165, 1.54) is 0 Å². The summed E-state index contributed by atoms with van der Waals surface area (Å²) in [4.78, 5) is 10.5. The van der Waals surface area contributed by atoms with Gasteiger partial charge in [-0.15, -0.1) is 8.96 Å². The number of hydrogen-bond acceptors (Lipinski definition) is 4. The molecule has 8 heteroatoms. The van der Waals surface area contributed by atoms with Gasteiger partial charge in [-0.3, -0.25) is 0 Å². The van der Waals surface area contributed by atoms with E-state index in [1.807, 2.05) is 0 Å². The Balaban J connectivity index is 4.54. The van der Waals surface area contributed by atoms with Gasteiger partial charge in [0.25, 0.3) is 0 Å². The van der Waals surface area contributed by atoms with Crippen molar-refractivity contribution < 1.29 is 27.5 Å². The fourth-order valence-electron chi connectivity index (χ4n) is 0.600. The molecule has 1 atom stereocenters. The first-order valence-corrected chi connectivity index (χ1v) is 3.38. The lowest BCUT2D eigenvalue weighted by molar-refractivity contribution is -0.331. The van der Waals surface area contributed by atoms with E-state index in [2.05, 4.69) is 11.3 Å². The maximum Gasteiger partial charge on any atom is 0.332 e. The summed E-state index contributed by atoms with van der Waals surface area (Å²) >= 11 is 0. The van der Waals surface area contributed by atoms with Crippen molar-refractivity contribution in [2.75, 3.05) is 6.54 Å². The average Bonchev–Trinajstić information content (AvgIpc) is 2.02. The Kier molecular flexibility index (Phi) is 4.51. The largest absolute Gasteiger partial charge is 0.434 e. The number of carbonyl (C=O) groups is 1. The van der Waals surface area contributed by atoms with Gasteiger partial charge in [0.05, 0.1) is 5.34 Å². The van der Waals surface area contributed by atoms with Gasteiger partial charge in [0.1, 0.15) is 6.54 Å². The van der Waals surface area contributed by atoms with Gasteiger partial charge >= 0.3 is 5.97 Å². The van der Waals surface area contributed by atoms with Crippen molar-refractivity contribution in [3.05, 3.63) is 12.7 Å². The van der Waals surface area contributed by atoms with Gasteiger partial charge in [0.15, 0.2) is 0 Å². The Bertz CT molecular complexity index is 224. The maximum atomic E-state index is 12.1. The minimum absolute atomic E-state index is 0.600. The maximum absolute atomic E-state index is 12.1. The molecule has 1 unspecified atom stereocenters. The van der Waals surface area contributed by atoms with Crippen LogP contribution < -0.4 is 0 Å². The van der Waals surface area contributed by atoms with Crippen molar-refractivity contribution in [1.82, 2.24) is 10.7 Å². The first-order valence-electron chi connectivity index (χ1n) is 3.38. The second-order valence-electron chi connectivity index (χ2n) is 2.49. The van der Waals surface area contributed by atoms with Crippen LogP contribution in [-0.2, 0) is 9.53 Å². The molecule has 82 valence electrons. The molecule has 0 amide bonds. The van der Waals surface area contributed by atoms with Crippen molar-refractivity contribution in [2.24, 2.45) is 0 Å². The van der Waals surface area contributed by atoms with Crippen LogP contribution in [0.2, 0.25) is 0 Å². The second kappa shape index (κ2) is 4.91. The molecule has 0 N–H and O–H groups in total. The van der Waals surface area contributed by atoms with Crippen LogP contribution in [-0.4, -0.2) is 28.9 Å². The standard InChI is InChI=1S/C6H8F4N2O2/c1-3-5(13)14-6(2,12(9)10)4-11(7)8/h3H,1,4H2,2H3. The van der Waals surface area contributed by atoms with E-state index in [0.29, 0.717) is 13.0 Å². The van der Waals surface area contributed by atoms with Gasteiger partial charge in [-0.1, -0.05) is 15.5 Å². The van der Waals surface area contributed by atoms with Gasteiger partial charge in [-0.05, 0) is 6.92 Å². The molecule has 0 aliphatic rings. The molecule has 0 aromatic carbocycles. The van der Waals surface area contributed by atoms with Gasteiger partial charge in [-0.25, -0.2) is 4.79 Å². The van der Waals surface area contributed by atoms with E-state index >= 15 is 0 Å². The Hall–Kier alpha value is -1.15. The molecule has 0 rings (SSSR count). The summed E-state index contributed by atoms with van der Waals surface area (Å²) in [5.74, 6) is -1.21. The van der Waals surface area contributed by atoms with Crippen LogP contribution in [0.15, 0.2) is 12.7 Å². The number of halogens is 4. The second-order valence-corrected chi connectivity index (χ2v) is 2.49. The summed E-state index contributed by atoms with van der Waals surface area (Å²) in [5, 5.41) is -3.12. The zero-order chi connectivity index (χ0) is 11.4. The van der Waals surface area contributed by atoms with Gasteiger partial charge < -0.3 is 4.74 Å². The zero-order valence-corrected chi connectivity index (χ0v) is 7.21. The Morgan fingerprint density at radius 2 is 2.00 bits per heavy atom. The fraction of sp³-hybridized carbons (Fsp3) is 0.500. The van der Waals surface area contributed by atoms with Gasteiger partial charge in [0.2, 0.25) is 5.72 Å². The number of carbonyl (C=O) groups excluding carboxylic acids is 1. The zero-order valence-electron chi connectivity index (χ0n) is 7.21. The quantitative estimate of drug-likeness (QED) is 0.229. The molecule has 0 aliphatic heterocycles. The minimum Gasteiger partial charge on any atom is -0.434 e. The molecule has 4 nitrogen and oxygen atoms in total. The molecule has 0 bridgehead atoms. The van der Waals surface area contributed by atoms with E-state index in [0.717, 1.165) is 0 Å². The summed E-state index contributed by atoms with van der Waals surface area (Å²) < 4.78 is 51.7. The Morgan fingerprint density at radius 3 is 2.29 bits per heavy atom. The summed E-state index contributed by atoms with van der Waals surface area (Å²) in [5.41, 5.74) is -2.70. The van der Waals surface area contributed by atoms with Crippen LogP contribution in [0.3, 0.4) is 0 Å². The molecular weight excluding hydrogens is 208 g/mol. The Morgan fingerprint density at radius 1 is 1.50 bits per heavy atom. The SMILES string of the molecule is C=CC(=O)OC(C)(CN(F)F)N(F)F. The molecule has 0 aromatic rings. The predicted octanol–water partition coefficient (Wildman–Crippen LogP) is 1.57. The van der Waals surface area contributed by atoms with E-state index < -0.39 is 28.9 Å².